The third-order valence-corrected chi connectivity index (χ3v) is 4.43. The fourth-order valence-corrected chi connectivity index (χ4v) is 2.98. The second kappa shape index (κ2) is 6.74. The number of benzene rings is 1. The minimum absolute atomic E-state index is 0.0847. The summed E-state index contributed by atoms with van der Waals surface area (Å²) >= 11 is 6.13. The highest BCUT2D eigenvalue weighted by Crippen LogP contribution is 2.27. The fraction of sp³-hybridized carbons (Fsp3) is 0.625. The minimum Gasteiger partial charge on any atom is -0.378 e. The Kier molecular flexibility index (Phi) is 5.26. The highest BCUT2D eigenvalue weighted by Gasteiger charge is 2.17. The van der Waals surface area contributed by atoms with Crippen molar-refractivity contribution < 1.29 is 4.74 Å². The number of hydrogen-bond acceptors (Lipinski definition) is 2. The summed E-state index contributed by atoms with van der Waals surface area (Å²) in [6.07, 6.45) is 6.13. The van der Waals surface area contributed by atoms with Crippen LogP contribution in [0.2, 0.25) is 5.02 Å². The standard InChI is InChI=1S/C16H24ClNO/c1-11-10-15(17)12(2)9-14(11)16(18)7-6-13-5-3-4-8-19-13/h9-10,13,16H,3-8,18H2,1-2H3. The maximum absolute atomic E-state index is 6.33. The first-order valence-corrected chi connectivity index (χ1v) is 7.59. The highest BCUT2D eigenvalue weighted by atomic mass is 35.5. The Balaban J connectivity index is 1.95. The molecule has 1 aliphatic rings. The number of aryl methyl sites for hydroxylation is 2. The highest BCUT2D eigenvalue weighted by molar-refractivity contribution is 6.31. The maximum Gasteiger partial charge on any atom is 0.0575 e. The lowest BCUT2D eigenvalue weighted by Crippen LogP contribution is -2.21. The second-order valence-corrected chi connectivity index (χ2v) is 6.04. The van der Waals surface area contributed by atoms with Crippen molar-refractivity contribution in [1.29, 1.82) is 0 Å². The summed E-state index contributed by atoms with van der Waals surface area (Å²) in [6.45, 7) is 5.03. The van der Waals surface area contributed by atoms with Gasteiger partial charge in [-0.1, -0.05) is 17.7 Å². The zero-order chi connectivity index (χ0) is 13.8. The van der Waals surface area contributed by atoms with Crippen molar-refractivity contribution in [2.24, 2.45) is 5.73 Å². The van der Waals surface area contributed by atoms with Gasteiger partial charge in [0.2, 0.25) is 0 Å². The smallest absolute Gasteiger partial charge is 0.0575 e. The van der Waals surface area contributed by atoms with Crippen LogP contribution in [-0.4, -0.2) is 12.7 Å². The maximum atomic E-state index is 6.33. The van der Waals surface area contributed by atoms with Crippen molar-refractivity contribution in [2.45, 2.75) is 58.1 Å². The molecule has 2 N–H and O–H groups in total. The molecule has 2 atom stereocenters. The van der Waals surface area contributed by atoms with Crippen molar-refractivity contribution in [2.75, 3.05) is 6.61 Å². The van der Waals surface area contributed by atoms with Crippen LogP contribution >= 0.6 is 11.6 Å². The van der Waals surface area contributed by atoms with Crippen molar-refractivity contribution in [3.05, 3.63) is 33.8 Å². The van der Waals surface area contributed by atoms with Crippen molar-refractivity contribution in [3.63, 3.8) is 0 Å². The Bertz CT molecular complexity index is 427. The van der Waals surface area contributed by atoms with E-state index in [0.717, 1.165) is 30.0 Å². The summed E-state index contributed by atoms with van der Waals surface area (Å²) in [5.41, 5.74) is 9.84. The van der Waals surface area contributed by atoms with E-state index in [1.807, 2.05) is 13.0 Å². The lowest BCUT2D eigenvalue weighted by Gasteiger charge is -2.24. The summed E-state index contributed by atoms with van der Waals surface area (Å²) in [5.74, 6) is 0. The molecule has 0 saturated carbocycles. The molecule has 19 heavy (non-hydrogen) atoms. The minimum atomic E-state index is 0.0847. The van der Waals surface area contributed by atoms with Crippen LogP contribution in [0.5, 0.6) is 0 Å². The van der Waals surface area contributed by atoms with Crippen LogP contribution < -0.4 is 5.73 Å². The summed E-state index contributed by atoms with van der Waals surface area (Å²) in [7, 11) is 0. The molecule has 3 heteroatoms. The molecule has 2 unspecified atom stereocenters. The Morgan fingerprint density at radius 3 is 2.79 bits per heavy atom. The first-order chi connectivity index (χ1) is 9.08. The Morgan fingerprint density at radius 1 is 1.32 bits per heavy atom. The van der Waals surface area contributed by atoms with E-state index in [-0.39, 0.29) is 6.04 Å². The van der Waals surface area contributed by atoms with Gasteiger partial charge in [-0.15, -0.1) is 0 Å². The van der Waals surface area contributed by atoms with Gasteiger partial charge < -0.3 is 10.5 Å². The van der Waals surface area contributed by atoms with E-state index in [0.29, 0.717) is 6.10 Å². The van der Waals surface area contributed by atoms with Gasteiger partial charge in [-0.2, -0.15) is 0 Å². The molecule has 1 fully saturated rings. The molecule has 0 aliphatic carbocycles. The molecule has 1 saturated heterocycles. The molecule has 0 amide bonds. The van der Waals surface area contributed by atoms with Gasteiger partial charge in [0.05, 0.1) is 6.10 Å². The van der Waals surface area contributed by atoms with E-state index < -0.39 is 0 Å². The molecule has 1 aromatic carbocycles. The van der Waals surface area contributed by atoms with Crippen LogP contribution in [0.3, 0.4) is 0 Å². The molecule has 106 valence electrons. The van der Waals surface area contributed by atoms with Crippen LogP contribution in [-0.2, 0) is 4.74 Å². The lowest BCUT2D eigenvalue weighted by molar-refractivity contribution is 0.00911. The molecular formula is C16H24ClNO. The zero-order valence-electron chi connectivity index (χ0n) is 11.9. The molecule has 0 bridgehead atoms. The van der Waals surface area contributed by atoms with Crippen LogP contribution in [0.4, 0.5) is 0 Å². The molecular weight excluding hydrogens is 258 g/mol. The number of rotatable bonds is 4. The summed E-state index contributed by atoms with van der Waals surface area (Å²) in [5, 5.41) is 0.823. The number of halogens is 1. The first-order valence-electron chi connectivity index (χ1n) is 7.21. The number of ether oxygens (including phenoxy) is 1. The molecule has 0 radical (unpaired) electrons. The fourth-order valence-electron chi connectivity index (χ4n) is 2.76. The lowest BCUT2D eigenvalue weighted by atomic mass is 9.94. The van der Waals surface area contributed by atoms with E-state index in [9.17, 15) is 0 Å². The van der Waals surface area contributed by atoms with Crippen molar-refractivity contribution in [1.82, 2.24) is 0 Å². The van der Waals surface area contributed by atoms with E-state index >= 15 is 0 Å². The number of hydrogen-bond donors (Lipinski definition) is 1. The van der Waals surface area contributed by atoms with Gasteiger partial charge >= 0.3 is 0 Å². The summed E-state index contributed by atoms with van der Waals surface area (Å²) in [4.78, 5) is 0. The molecule has 2 nitrogen and oxygen atoms in total. The van der Waals surface area contributed by atoms with Crippen molar-refractivity contribution >= 4 is 11.6 Å². The van der Waals surface area contributed by atoms with Crippen LogP contribution in [0.15, 0.2) is 12.1 Å². The quantitative estimate of drug-likeness (QED) is 0.893. The van der Waals surface area contributed by atoms with E-state index in [4.69, 9.17) is 22.1 Å². The predicted octanol–water partition coefficient (Wildman–Crippen LogP) is 4.31. The van der Waals surface area contributed by atoms with Gasteiger partial charge in [0.25, 0.3) is 0 Å². The van der Waals surface area contributed by atoms with Crippen LogP contribution in [0.25, 0.3) is 0 Å². The second-order valence-electron chi connectivity index (χ2n) is 5.63. The zero-order valence-corrected chi connectivity index (χ0v) is 12.7. The van der Waals surface area contributed by atoms with E-state index in [1.165, 1.54) is 30.4 Å². The number of nitrogens with two attached hydrogens (primary N) is 1. The molecule has 1 heterocycles. The third kappa shape index (κ3) is 3.95. The summed E-state index contributed by atoms with van der Waals surface area (Å²) < 4.78 is 5.76. The molecule has 0 spiro atoms. The molecule has 2 rings (SSSR count). The normalized spacial score (nSPS) is 21.4. The van der Waals surface area contributed by atoms with Gasteiger partial charge in [0, 0.05) is 17.7 Å². The van der Waals surface area contributed by atoms with Gasteiger partial charge in [-0.25, -0.2) is 0 Å². The van der Waals surface area contributed by atoms with Crippen LogP contribution in [0, 0.1) is 13.8 Å². The van der Waals surface area contributed by atoms with E-state index in [2.05, 4.69) is 13.0 Å². The molecule has 0 aromatic heterocycles. The van der Waals surface area contributed by atoms with Gasteiger partial charge in [-0.05, 0) is 68.7 Å². The SMILES string of the molecule is Cc1cc(C(N)CCC2CCCCO2)c(C)cc1Cl. The van der Waals surface area contributed by atoms with E-state index in [1.54, 1.807) is 0 Å². The van der Waals surface area contributed by atoms with Gasteiger partial charge in [0.15, 0.2) is 0 Å². The average molecular weight is 282 g/mol. The molecule has 1 aliphatic heterocycles. The Morgan fingerprint density at radius 2 is 2.11 bits per heavy atom. The topological polar surface area (TPSA) is 35.2 Å². The third-order valence-electron chi connectivity index (χ3n) is 4.02. The van der Waals surface area contributed by atoms with Crippen LogP contribution in [0.1, 0.15) is 54.8 Å². The largest absolute Gasteiger partial charge is 0.378 e. The Hall–Kier alpha value is -0.570. The van der Waals surface area contributed by atoms with Crippen molar-refractivity contribution in [3.8, 4) is 0 Å². The first kappa shape index (κ1) is 14.8. The molecule has 1 aromatic rings. The predicted molar refractivity (Wildman–Crippen MR) is 80.7 cm³/mol. The average Bonchev–Trinajstić information content (AvgIpc) is 2.41. The monoisotopic (exact) mass is 281 g/mol. The Labute approximate surface area is 121 Å². The summed E-state index contributed by atoms with van der Waals surface area (Å²) in [6, 6.07) is 4.23. The van der Waals surface area contributed by atoms with Gasteiger partial charge in [0.1, 0.15) is 0 Å². The van der Waals surface area contributed by atoms with Gasteiger partial charge in [-0.3, -0.25) is 0 Å².